The second-order valence-electron chi connectivity index (χ2n) is 8.59. The van der Waals surface area contributed by atoms with Crippen molar-refractivity contribution in [3.63, 3.8) is 0 Å². The maximum absolute atomic E-state index is 5.55. The molecule has 0 fully saturated rings. The van der Waals surface area contributed by atoms with E-state index in [2.05, 4.69) is 0 Å². The van der Waals surface area contributed by atoms with E-state index < -0.39 is 0 Å². The van der Waals surface area contributed by atoms with Crippen molar-refractivity contribution in [3.8, 4) is 5.75 Å². The van der Waals surface area contributed by atoms with Crippen molar-refractivity contribution in [1.29, 1.82) is 0 Å². The summed E-state index contributed by atoms with van der Waals surface area (Å²) in [5.41, 5.74) is 0. The van der Waals surface area contributed by atoms with Gasteiger partial charge in [-0.3, -0.25) is 0 Å². The van der Waals surface area contributed by atoms with Crippen molar-refractivity contribution in [2.45, 2.75) is 0 Å². The molecule has 0 bridgehead atoms. The van der Waals surface area contributed by atoms with Crippen molar-refractivity contribution in [2.75, 3.05) is 158 Å². The third-order valence-corrected chi connectivity index (χ3v) is 5.34. The number of hydrogen-bond donors (Lipinski definition) is 0. The highest BCUT2D eigenvalue weighted by Crippen LogP contribution is 2.07. The van der Waals surface area contributed by atoms with Crippen LogP contribution in [-0.4, -0.2) is 158 Å². The summed E-state index contributed by atoms with van der Waals surface area (Å²) in [6.07, 6.45) is 0. The molecule has 0 aliphatic carbocycles. The summed E-state index contributed by atoms with van der Waals surface area (Å²) < 4.78 is 65.3. The SMILES string of the molecule is ClCCOCCOCCOCCOCCOCCOCCOCCOCCOCCOCCOCCOc1ccccc1. The third-order valence-electron chi connectivity index (χ3n) is 5.18. The second-order valence-corrected chi connectivity index (χ2v) is 8.96. The van der Waals surface area contributed by atoms with Gasteiger partial charge in [-0.15, -0.1) is 11.6 Å². The molecule has 0 amide bonds. The third kappa shape index (κ3) is 32.1. The van der Waals surface area contributed by atoms with Gasteiger partial charge in [0.25, 0.3) is 0 Å². The Hall–Kier alpha value is -1.13. The van der Waals surface area contributed by atoms with Gasteiger partial charge in [-0.1, -0.05) is 18.2 Å². The minimum atomic E-state index is 0.498. The zero-order chi connectivity index (χ0) is 30.6. The van der Waals surface area contributed by atoms with Gasteiger partial charge in [-0.2, -0.15) is 0 Å². The van der Waals surface area contributed by atoms with E-state index in [1.165, 1.54) is 0 Å². The van der Waals surface area contributed by atoms with Crippen LogP contribution in [0.5, 0.6) is 5.75 Å². The molecule has 252 valence electrons. The summed E-state index contributed by atoms with van der Waals surface area (Å²) >= 11 is 5.51. The van der Waals surface area contributed by atoms with Gasteiger partial charge in [-0.05, 0) is 12.1 Å². The van der Waals surface area contributed by atoms with Gasteiger partial charge in [0.05, 0.1) is 145 Å². The van der Waals surface area contributed by atoms with Gasteiger partial charge in [0.15, 0.2) is 0 Å². The van der Waals surface area contributed by atoms with Gasteiger partial charge in [0.2, 0.25) is 0 Å². The van der Waals surface area contributed by atoms with Crippen molar-refractivity contribution in [2.24, 2.45) is 0 Å². The van der Waals surface area contributed by atoms with E-state index in [0.717, 1.165) is 5.75 Å². The largest absolute Gasteiger partial charge is 0.491 e. The number of benzene rings is 1. The van der Waals surface area contributed by atoms with Crippen molar-refractivity contribution < 1.29 is 56.8 Å². The lowest BCUT2D eigenvalue weighted by molar-refractivity contribution is -0.0276. The van der Waals surface area contributed by atoms with Crippen molar-refractivity contribution in [3.05, 3.63) is 30.3 Å². The summed E-state index contributed by atoms with van der Waals surface area (Å²) in [5.74, 6) is 1.34. The molecule has 12 nitrogen and oxygen atoms in total. The molecule has 1 rings (SSSR count). The maximum atomic E-state index is 5.55. The van der Waals surface area contributed by atoms with Crippen molar-refractivity contribution >= 4 is 11.6 Å². The maximum Gasteiger partial charge on any atom is 0.119 e. The first-order valence-electron chi connectivity index (χ1n) is 15.0. The number of rotatable bonds is 36. The minimum Gasteiger partial charge on any atom is -0.491 e. The van der Waals surface area contributed by atoms with Crippen LogP contribution in [0.15, 0.2) is 30.3 Å². The summed E-state index contributed by atoms with van der Waals surface area (Å²) in [6, 6.07) is 9.67. The molecule has 43 heavy (non-hydrogen) atoms. The molecule has 1 aromatic rings. The van der Waals surface area contributed by atoms with E-state index >= 15 is 0 Å². The first-order chi connectivity index (χ1) is 21.4. The lowest BCUT2D eigenvalue weighted by Gasteiger charge is -2.09. The molecule has 0 saturated carbocycles. The van der Waals surface area contributed by atoms with Crippen LogP contribution in [-0.2, 0) is 52.1 Å². The van der Waals surface area contributed by atoms with Gasteiger partial charge in [0, 0.05) is 5.88 Å². The fourth-order valence-electron chi connectivity index (χ4n) is 3.09. The Morgan fingerprint density at radius 2 is 0.535 bits per heavy atom. The van der Waals surface area contributed by atoms with Gasteiger partial charge in [-0.25, -0.2) is 0 Å². The molecule has 0 heterocycles. The fraction of sp³-hybridized carbons (Fsp3) is 0.800. The van der Waals surface area contributed by atoms with Gasteiger partial charge in [0.1, 0.15) is 12.4 Å². The molecule has 1 aromatic carbocycles. The van der Waals surface area contributed by atoms with Gasteiger partial charge >= 0.3 is 0 Å². The van der Waals surface area contributed by atoms with E-state index in [-0.39, 0.29) is 0 Å². The van der Waals surface area contributed by atoms with Gasteiger partial charge < -0.3 is 56.8 Å². The Bertz CT molecular complexity index is 647. The van der Waals surface area contributed by atoms with E-state index in [1.54, 1.807) is 0 Å². The predicted molar refractivity (Wildman–Crippen MR) is 162 cm³/mol. The Morgan fingerprint density at radius 3 is 0.791 bits per heavy atom. The summed E-state index contributed by atoms with van der Waals surface area (Å²) in [7, 11) is 0. The van der Waals surface area contributed by atoms with Crippen LogP contribution >= 0.6 is 11.6 Å². The number of alkyl halides is 1. The number of halogens is 1. The molecular weight excluding hydrogens is 588 g/mol. The van der Waals surface area contributed by atoms with E-state index in [9.17, 15) is 0 Å². The van der Waals surface area contributed by atoms with E-state index in [1.807, 2.05) is 30.3 Å². The highest BCUT2D eigenvalue weighted by atomic mass is 35.5. The molecule has 0 N–H and O–H groups in total. The minimum absolute atomic E-state index is 0.498. The van der Waals surface area contributed by atoms with Crippen LogP contribution < -0.4 is 4.74 Å². The molecule has 0 atom stereocenters. The molecule has 13 heteroatoms. The van der Waals surface area contributed by atoms with E-state index in [0.29, 0.717) is 158 Å². The van der Waals surface area contributed by atoms with Crippen LogP contribution in [0, 0.1) is 0 Å². The molecular formula is C30H53ClO12. The Labute approximate surface area is 262 Å². The molecule has 0 radical (unpaired) electrons. The predicted octanol–water partition coefficient (Wildman–Crippen LogP) is 2.49. The van der Waals surface area contributed by atoms with Crippen LogP contribution in [0.25, 0.3) is 0 Å². The number of ether oxygens (including phenoxy) is 12. The topological polar surface area (TPSA) is 111 Å². The normalized spacial score (nSPS) is 11.4. The van der Waals surface area contributed by atoms with Crippen LogP contribution in [0.3, 0.4) is 0 Å². The number of para-hydroxylation sites is 1. The van der Waals surface area contributed by atoms with Crippen LogP contribution in [0.1, 0.15) is 0 Å². The molecule has 0 unspecified atom stereocenters. The molecule has 0 saturated heterocycles. The molecule has 0 aliphatic heterocycles. The average molecular weight is 641 g/mol. The van der Waals surface area contributed by atoms with Crippen LogP contribution in [0.2, 0.25) is 0 Å². The fourth-order valence-corrected chi connectivity index (χ4v) is 3.20. The lowest BCUT2D eigenvalue weighted by atomic mass is 10.3. The zero-order valence-electron chi connectivity index (χ0n) is 25.6. The highest BCUT2D eigenvalue weighted by Gasteiger charge is 1.97. The molecule has 0 aromatic heterocycles. The summed E-state index contributed by atoms with van der Waals surface area (Å²) in [6.45, 7) is 12.0. The first-order valence-corrected chi connectivity index (χ1v) is 15.6. The first kappa shape index (κ1) is 39.9. The summed E-state index contributed by atoms with van der Waals surface area (Å²) in [4.78, 5) is 0. The Kier molecular flexibility index (Phi) is 32.8. The highest BCUT2D eigenvalue weighted by molar-refractivity contribution is 6.17. The Balaban J connectivity index is 1.61. The lowest BCUT2D eigenvalue weighted by Crippen LogP contribution is -2.15. The summed E-state index contributed by atoms with van der Waals surface area (Å²) in [5, 5.41) is 0. The Morgan fingerprint density at radius 1 is 0.302 bits per heavy atom. The number of hydrogen-bond acceptors (Lipinski definition) is 12. The zero-order valence-corrected chi connectivity index (χ0v) is 26.4. The second kappa shape index (κ2) is 35.4. The molecule has 0 spiro atoms. The standard InChI is InChI=1S/C30H53ClO12/c31-6-7-32-8-9-33-10-11-34-12-13-35-14-15-36-16-17-37-18-19-38-20-21-39-22-23-40-24-25-41-26-27-42-28-29-43-30-4-2-1-3-5-30/h1-5H,6-29H2. The van der Waals surface area contributed by atoms with E-state index in [4.69, 9.17) is 68.4 Å². The average Bonchev–Trinajstić information content (AvgIpc) is 3.03. The van der Waals surface area contributed by atoms with Crippen LogP contribution in [0.4, 0.5) is 0 Å². The monoisotopic (exact) mass is 640 g/mol. The van der Waals surface area contributed by atoms with Crippen molar-refractivity contribution in [1.82, 2.24) is 0 Å². The smallest absolute Gasteiger partial charge is 0.119 e. The molecule has 0 aliphatic rings. The quantitative estimate of drug-likeness (QED) is 0.0794.